The summed E-state index contributed by atoms with van der Waals surface area (Å²) in [5.41, 5.74) is 1.81. The normalized spacial score (nSPS) is 11.5. The van der Waals surface area contributed by atoms with Gasteiger partial charge in [-0.1, -0.05) is 43.0 Å². The second-order valence-corrected chi connectivity index (χ2v) is 8.41. The van der Waals surface area contributed by atoms with Gasteiger partial charge in [-0.3, -0.25) is 9.59 Å². The van der Waals surface area contributed by atoms with Crippen LogP contribution in [0.3, 0.4) is 0 Å². The van der Waals surface area contributed by atoms with Gasteiger partial charge in [-0.25, -0.2) is 0 Å². The number of aryl methyl sites for hydroxylation is 1. The molecule has 10 heteroatoms. The molecule has 0 aliphatic rings. The number of para-hydroxylation sites is 2. The molecule has 3 aromatic rings. The number of nitrogens with zero attached hydrogens (tertiary/aromatic N) is 3. The molecular formula is C24H29N5O4S. The highest BCUT2D eigenvalue weighted by atomic mass is 32.2. The molecule has 1 atom stereocenters. The van der Waals surface area contributed by atoms with E-state index in [2.05, 4.69) is 27.8 Å². The first kappa shape index (κ1) is 25.1. The molecule has 0 bridgehead atoms. The molecule has 2 aromatic carbocycles. The lowest BCUT2D eigenvalue weighted by Gasteiger charge is -2.15. The number of rotatable bonds is 11. The second kappa shape index (κ2) is 12.1. The van der Waals surface area contributed by atoms with Gasteiger partial charge in [-0.15, -0.1) is 10.2 Å². The third-order valence-electron chi connectivity index (χ3n) is 5.07. The number of aromatic nitrogens is 3. The van der Waals surface area contributed by atoms with Crippen molar-refractivity contribution in [3.05, 3.63) is 59.9 Å². The molecule has 180 valence electrons. The van der Waals surface area contributed by atoms with E-state index in [-0.39, 0.29) is 24.1 Å². The highest BCUT2D eigenvalue weighted by Crippen LogP contribution is 2.24. The summed E-state index contributed by atoms with van der Waals surface area (Å²) in [6, 6.07) is 14.9. The third kappa shape index (κ3) is 6.74. The summed E-state index contributed by atoms with van der Waals surface area (Å²) in [5.74, 6) is 1.51. The number of carbonyl (C=O) groups is 2. The topological polar surface area (TPSA) is 107 Å². The van der Waals surface area contributed by atoms with Gasteiger partial charge in [0.1, 0.15) is 11.5 Å². The molecule has 0 saturated carbocycles. The average molecular weight is 484 g/mol. The molecule has 1 aromatic heterocycles. The Morgan fingerprint density at radius 2 is 1.85 bits per heavy atom. The molecule has 9 nitrogen and oxygen atoms in total. The van der Waals surface area contributed by atoms with Gasteiger partial charge >= 0.3 is 0 Å². The second-order valence-electron chi connectivity index (χ2n) is 7.47. The molecule has 0 aliphatic carbocycles. The summed E-state index contributed by atoms with van der Waals surface area (Å²) in [4.78, 5) is 24.8. The lowest BCUT2D eigenvalue weighted by atomic mass is 10.2. The van der Waals surface area contributed by atoms with Gasteiger partial charge in [0.25, 0.3) is 5.91 Å². The molecule has 0 saturated heterocycles. The zero-order chi connectivity index (χ0) is 24.5. The Bertz CT molecular complexity index is 1120. The van der Waals surface area contributed by atoms with Crippen molar-refractivity contribution in [3.8, 4) is 11.5 Å². The Labute approximate surface area is 203 Å². The van der Waals surface area contributed by atoms with Crippen LogP contribution in [0.1, 0.15) is 25.2 Å². The summed E-state index contributed by atoms with van der Waals surface area (Å²) in [7, 11) is 3.34. The van der Waals surface area contributed by atoms with E-state index in [9.17, 15) is 9.59 Å². The Hall–Kier alpha value is -3.53. The van der Waals surface area contributed by atoms with Crippen molar-refractivity contribution in [1.29, 1.82) is 0 Å². The largest absolute Gasteiger partial charge is 0.495 e. The molecule has 34 heavy (non-hydrogen) atoms. The summed E-state index contributed by atoms with van der Waals surface area (Å²) in [6.07, 6.45) is 0.286. The van der Waals surface area contributed by atoms with E-state index >= 15 is 0 Å². The quantitative estimate of drug-likeness (QED) is 0.403. The van der Waals surface area contributed by atoms with Crippen LogP contribution in [0, 0.1) is 0 Å². The van der Waals surface area contributed by atoms with Gasteiger partial charge in [0, 0.05) is 7.05 Å². The Morgan fingerprint density at radius 1 is 1.12 bits per heavy atom. The number of benzene rings is 2. The number of methoxy groups -OCH3 is 1. The average Bonchev–Trinajstić information content (AvgIpc) is 3.21. The lowest BCUT2D eigenvalue weighted by Crippen LogP contribution is -2.36. The minimum atomic E-state index is -0.659. The highest BCUT2D eigenvalue weighted by Gasteiger charge is 2.17. The van der Waals surface area contributed by atoms with Crippen molar-refractivity contribution in [1.82, 2.24) is 20.1 Å². The van der Waals surface area contributed by atoms with Crippen LogP contribution in [-0.2, 0) is 29.6 Å². The van der Waals surface area contributed by atoms with E-state index in [0.29, 0.717) is 28.2 Å². The van der Waals surface area contributed by atoms with Crippen molar-refractivity contribution in [2.45, 2.75) is 38.1 Å². The van der Waals surface area contributed by atoms with Crippen LogP contribution in [0.2, 0.25) is 0 Å². The van der Waals surface area contributed by atoms with E-state index < -0.39 is 6.10 Å². The van der Waals surface area contributed by atoms with Crippen LogP contribution >= 0.6 is 11.8 Å². The number of nitrogens with one attached hydrogen (secondary N) is 2. The fourth-order valence-corrected chi connectivity index (χ4v) is 3.79. The SMILES string of the molecule is CCc1ccc(O[C@@H](C)C(=O)NCc2nnc(SCC(=O)Nc3ccccc3OC)n2C)cc1. The van der Waals surface area contributed by atoms with E-state index in [1.807, 2.05) is 36.4 Å². The molecule has 0 spiro atoms. The molecule has 2 N–H and O–H groups in total. The zero-order valence-corrected chi connectivity index (χ0v) is 20.5. The van der Waals surface area contributed by atoms with Gasteiger partial charge in [0.2, 0.25) is 5.91 Å². The smallest absolute Gasteiger partial charge is 0.261 e. The molecule has 0 fully saturated rings. The first-order valence-corrected chi connectivity index (χ1v) is 11.9. The molecule has 2 amide bonds. The van der Waals surface area contributed by atoms with Gasteiger partial charge in [0.05, 0.1) is 25.1 Å². The Balaban J connectivity index is 1.47. The molecule has 3 rings (SSSR count). The number of carbonyl (C=O) groups excluding carboxylic acids is 2. The van der Waals surface area contributed by atoms with E-state index in [1.54, 1.807) is 37.8 Å². The molecular weight excluding hydrogens is 454 g/mol. The molecule has 0 radical (unpaired) electrons. The summed E-state index contributed by atoms with van der Waals surface area (Å²) in [6.45, 7) is 3.97. The summed E-state index contributed by atoms with van der Waals surface area (Å²) in [5, 5.41) is 14.5. The summed E-state index contributed by atoms with van der Waals surface area (Å²) < 4.78 is 12.7. The Morgan fingerprint density at radius 3 is 2.56 bits per heavy atom. The maximum atomic E-state index is 12.4. The van der Waals surface area contributed by atoms with Crippen molar-refractivity contribution in [2.24, 2.45) is 7.05 Å². The number of hydrogen-bond donors (Lipinski definition) is 2. The van der Waals surface area contributed by atoms with Crippen LogP contribution in [0.25, 0.3) is 0 Å². The maximum Gasteiger partial charge on any atom is 0.261 e. The minimum Gasteiger partial charge on any atom is -0.495 e. The maximum absolute atomic E-state index is 12.4. The number of ether oxygens (including phenoxy) is 2. The third-order valence-corrected chi connectivity index (χ3v) is 6.09. The van der Waals surface area contributed by atoms with Gasteiger partial charge < -0.3 is 24.7 Å². The van der Waals surface area contributed by atoms with Crippen LogP contribution in [0.15, 0.2) is 53.7 Å². The van der Waals surface area contributed by atoms with Gasteiger partial charge in [-0.05, 0) is 43.2 Å². The Kier molecular flexibility index (Phi) is 8.92. The molecule has 0 unspecified atom stereocenters. The van der Waals surface area contributed by atoms with Crippen LogP contribution in [0.5, 0.6) is 11.5 Å². The minimum absolute atomic E-state index is 0.151. The van der Waals surface area contributed by atoms with Crippen molar-refractivity contribution >= 4 is 29.3 Å². The van der Waals surface area contributed by atoms with Crippen LogP contribution < -0.4 is 20.1 Å². The number of thioether (sulfide) groups is 1. The van der Waals surface area contributed by atoms with Gasteiger partial charge in [-0.2, -0.15) is 0 Å². The van der Waals surface area contributed by atoms with Crippen molar-refractivity contribution < 1.29 is 19.1 Å². The van der Waals surface area contributed by atoms with Crippen LogP contribution in [0.4, 0.5) is 5.69 Å². The highest BCUT2D eigenvalue weighted by molar-refractivity contribution is 7.99. The lowest BCUT2D eigenvalue weighted by molar-refractivity contribution is -0.127. The van der Waals surface area contributed by atoms with E-state index in [4.69, 9.17) is 9.47 Å². The number of amides is 2. The van der Waals surface area contributed by atoms with E-state index in [1.165, 1.54) is 17.3 Å². The molecule has 1 heterocycles. The fraction of sp³-hybridized carbons (Fsp3) is 0.333. The standard InChI is InChI=1S/C24H29N5O4S/c1-5-17-10-12-18(13-11-17)33-16(2)23(31)25-14-21-27-28-24(29(21)3)34-15-22(30)26-19-8-6-7-9-20(19)32-4/h6-13,16H,5,14-15H2,1-4H3,(H,25,31)(H,26,30)/t16-/m0/s1. The summed E-state index contributed by atoms with van der Waals surface area (Å²) >= 11 is 1.25. The predicted octanol–water partition coefficient (Wildman–Crippen LogP) is 3.20. The number of anilines is 1. The monoisotopic (exact) mass is 483 g/mol. The van der Waals surface area contributed by atoms with Crippen molar-refractivity contribution in [2.75, 3.05) is 18.2 Å². The first-order valence-electron chi connectivity index (χ1n) is 10.9. The predicted molar refractivity (Wildman–Crippen MR) is 131 cm³/mol. The number of hydrogen-bond acceptors (Lipinski definition) is 7. The molecule has 0 aliphatic heterocycles. The fourth-order valence-electron chi connectivity index (χ4n) is 3.06. The van der Waals surface area contributed by atoms with Crippen LogP contribution in [-0.4, -0.2) is 45.5 Å². The van der Waals surface area contributed by atoms with Crippen molar-refractivity contribution in [3.63, 3.8) is 0 Å². The first-order chi connectivity index (χ1) is 16.4. The van der Waals surface area contributed by atoms with Gasteiger partial charge in [0.15, 0.2) is 17.1 Å². The van der Waals surface area contributed by atoms with E-state index in [0.717, 1.165) is 6.42 Å². The zero-order valence-electron chi connectivity index (χ0n) is 19.7.